The molecule has 0 aliphatic heterocycles. The molecule has 0 bridgehead atoms. The molecule has 3 aromatic rings. The molecule has 0 aliphatic rings. The Morgan fingerprint density at radius 2 is 1.68 bits per heavy atom. The first-order valence-electron chi connectivity index (χ1n) is 8.41. The minimum absolute atomic E-state index is 0.0966. The Bertz CT molecular complexity index is 1010. The SMILES string of the molecule is C=C[C@H](c1cn(S(=O)(=O)c2ccc(C)cc2)c2ccccc12)C(C)C. The monoisotopic (exact) mass is 353 g/mol. The quantitative estimate of drug-likeness (QED) is 0.598. The van der Waals surface area contributed by atoms with Crippen LogP contribution in [0, 0.1) is 12.8 Å². The summed E-state index contributed by atoms with van der Waals surface area (Å²) in [5, 5.41) is 0.955. The molecule has 130 valence electrons. The van der Waals surface area contributed by atoms with E-state index in [-0.39, 0.29) is 5.92 Å². The number of para-hydroxylation sites is 1. The lowest BCUT2D eigenvalue weighted by molar-refractivity contribution is 0.578. The first-order chi connectivity index (χ1) is 11.9. The van der Waals surface area contributed by atoms with E-state index in [1.54, 1.807) is 18.3 Å². The van der Waals surface area contributed by atoms with Crippen LogP contribution in [0.15, 0.2) is 72.3 Å². The summed E-state index contributed by atoms with van der Waals surface area (Å²) in [5.41, 5.74) is 2.73. The van der Waals surface area contributed by atoms with Crippen molar-refractivity contribution in [2.45, 2.75) is 31.6 Å². The molecule has 0 radical (unpaired) electrons. The predicted molar refractivity (Wildman–Crippen MR) is 103 cm³/mol. The molecule has 1 atom stereocenters. The molecule has 0 saturated heterocycles. The van der Waals surface area contributed by atoms with Crippen molar-refractivity contribution in [2.24, 2.45) is 5.92 Å². The fourth-order valence-corrected chi connectivity index (χ4v) is 4.60. The molecule has 3 rings (SSSR count). The number of benzene rings is 2. The minimum Gasteiger partial charge on any atom is -0.241 e. The Labute approximate surface area is 149 Å². The lowest BCUT2D eigenvalue weighted by atomic mass is 9.88. The molecule has 0 amide bonds. The van der Waals surface area contributed by atoms with Gasteiger partial charge in [-0.05, 0) is 36.6 Å². The van der Waals surface area contributed by atoms with Crippen molar-refractivity contribution in [1.29, 1.82) is 0 Å². The third-order valence-corrected chi connectivity index (χ3v) is 6.31. The Morgan fingerprint density at radius 3 is 2.28 bits per heavy atom. The Balaban J connectivity index is 2.27. The highest BCUT2D eigenvalue weighted by atomic mass is 32.2. The van der Waals surface area contributed by atoms with Crippen molar-refractivity contribution in [3.63, 3.8) is 0 Å². The van der Waals surface area contributed by atoms with Crippen molar-refractivity contribution >= 4 is 20.9 Å². The van der Waals surface area contributed by atoms with Crippen LogP contribution in [-0.2, 0) is 10.0 Å². The lowest BCUT2D eigenvalue weighted by Crippen LogP contribution is -2.12. The molecule has 3 nitrogen and oxygen atoms in total. The van der Waals surface area contributed by atoms with Gasteiger partial charge in [0.2, 0.25) is 0 Å². The summed E-state index contributed by atoms with van der Waals surface area (Å²) >= 11 is 0. The van der Waals surface area contributed by atoms with E-state index in [2.05, 4.69) is 20.4 Å². The van der Waals surface area contributed by atoms with Crippen LogP contribution in [0.1, 0.15) is 30.9 Å². The second kappa shape index (κ2) is 6.52. The van der Waals surface area contributed by atoms with Crippen molar-refractivity contribution < 1.29 is 8.42 Å². The van der Waals surface area contributed by atoms with Crippen molar-refractivity contribution in [3.05, 3.63) is 78.5 Å². The highest BCUT2D eigenvalue weighted by Crippen LogP contribution is 2.34. The molecule has 1 aromatic heterocycles. The lowest BCUT2D eigenvalue weighted by Gasteiger charge is -2.15. The summed E-state index contributed by atoms with van der Waals surface area (Å²) in [4.78, 5) is 0.296. The highest BCUT2D eigenvalue weighted by molar-refractivity contribution is 7.90. The van der Waals surface area contributed by atoms with Gasteiger partial charge in [-0.3, -0.25) is 0 Å². The van der Waals surface area contributed by atoms with E-state index >= 15 is 0 Å². The number of allylic oxidation sites excluding steroid dienone is 1. The molecule has 0 N–H and O–H groups in total. The molecule has 0 aliphatic carbocycles. The van der Waals surface area contributed by atoms with Gasteiger partial charge in [0.1, 0.15) is 0 Å². The van der Waals surface area contributed by atoms with E-state index in [1.165, 1.54) is 3.97 Å². The Hall–Kier alpha value is -2.33. The topological polar surface area (TPSA) is 39.1 Å². The summed E-state index contributed by atoms with van der Waals surface area (Å²) in [6, 6.07) is 14.6. The van der Waals surface area contributed by atoms with E-state index in [9.17, 15) is 8.42 Å². The molecule has 2 aromatic carbocycles. The van der Waals surface area contributed by atoms with E-state index in [0.29, 0.717) is 16.3 Å². The largest absolute Gasteiger partial charge is 0.268 e. The predicted octanol–water partition coefficient (Wildman–Crippen LogP) is 5.11. The maximum Gasteiger partial charge on any atom is 0.268 e. The summed E-state index contributed by atoms with van der Waals surface area (Å²) in [7, 11) is -3.65. The Morgan fingerprint density at radius 1 is 1.04 bits per heavy atom. The van der Waals surface area contributed by atoms with Gasteiger partial charge < -0.3 is 0 Å². The maximum atomic E-state index is 13.2. The summed E-state index contributed by atoms with van der Waals surface area (Å²) in [6.07, 6.45) is 3.65. The minimum atomic E-state index is -3.65. The average Bonchev–Trinajstić information content (AvgIpc) is 2.96. The number of fused-ring (bicyclic) bond motifs is 1. The standard InChI is InChI=1S/C21H23NO2S/c1-5-18(15(2)3)20-14-22(21-9-7-6-8-19(20)21)25(23,24)17-12-10-16(4)11-13-17/h5-15,18H,1H2,2-4H3/t18-/m0/s1. The second-order valence-electron chi connectivity index (χ2n) is 6.72. The van der Waals surface area contributed by atoms with E-state index in [1.807, 2.05) is 49.4 Å². The number of nitrogens with zero attached hydrogens (tertiary/aromatic N) is 1. The zero-order valence-electron chi connectivity index (χ0n) is 14.8. The molecule has 0 spiro atoms. The van der Waals surface area contributed by atoms with Crippen LogP contribution in [0.3, 0.4) is 0 Å². The smallest absolute Gasteiger partial charge is 0.241 e. The van der Waals surface area contributed by atoms with Gasteiger partial charge in [0, 0.05) is 17.5 Å². The van der Waals surface area contributed by atoms with Gasteiger partial charge >= 0.3 is 0 Å². The van der Waals surface area contributed by atoms with Gasteiger partial charge in [-0.15, -0.1) is 6.58 Å². The van der Waals surface area contributed by atoms with Gasteiger partial charge in [0.25, 0.3) is 10.0 Å². The molecule has 0 saturated carbocycles. The van der Waals surface area contributed by atoms with Crippen LogP contribution in [0.2, 0.25) is 0 Å². The first-order valence-corrected chi connectivity index (χ1v) is 9.85. The average molecular weight is 353 g/mol. The van der Waals surface area contributed by atoms with Crippen LogP contribution >= 0.6 is 0 Å². The van der Waals surface area contributed by atoms with Crippen LogP contribution in [0.5, 0.6) is 0 Å². The highest BCUT2D eigenvalue weighted by Gasteiger charge is 2.24. The van der Waals surface area contributed by atoms with Gasteiger partial charge in [0.15, 0.2) is 0 Å². The number of aryl methyl sites for hydroxylation is 1. The number of hydrogen-bond donors (Lipinski definition) is 0. The molecule has 25 heavy (non-hydrogen) atoms. The van der Waals surface area contributed by atoms with Crippen molar-refractivity contribution in [1.82, 2.24) is 3.97 Å². The summed E-state index contributed by atoms with van der Waals surface area (Å²) < 4.78 is 27.8. The molecule has 4 heteroatoms. The van der Waals surface area contributed by atoms with Crippen LogP contribution in [0.25, 0.3) is 10.9 Å². The maximum absolute atomic E-state index is 13.2. The van der Waals surface area contributed by atoms with E-state index in [4.69, 9.17) is 0 Å². The van der Waals surface area contributed by atoms with Gasteiger partial charge in [-0.25, -0.2) is 12.4 Å². The molecule has 1 heterocycles. The zero-order valence-corrected chi connectivity index (χ0v) is 15.6. The summed E-state index contributed by atoms with van der Waals surface area (Å²) in [6.45, 7) is 10.1. The molecule has 0 fully saturated rings. The van der Waals surface area contributed by atoms with Gasteiger partial charge in [0.05, 0.1) is 10.4 Å². The number of hydrogen-bond acceptors (Lipinski definition) is 2. The summed E-state index contributed by atoms with van der Waals surface area (Å²) in [5.74, 6) is 0.429. The van der Waals surface area contributed by atoms with E-state index in [0.717, 1.165) is 16.5 Å². The molecular weight excluding hydrogens is 330 g/mol. The number of aromatic nitrogens is 1. The van der Waals surface area contributed by atoms with Crippen LogP contribution in [0.4, 0.5) is 0 Å². The zero-order chi connectivity index (χ0) is 18.2. The second-order valence-corrected chi connectivity index (χ2v) is 8.54. The third-order valence-electron chi connectivity index (χ3n) is 4.62. The fraction of sp³-hybridized carbons (Fsp3) is 0.238. The normalized spacial score (nSPS) is 13.3. The van der Waals surface area contributed by atoms with Crippen LogP contribution < -0.4 is 0 Å². The van der Waals surface area contributed by atoms with Gasteiger partial charge in [-0.2, -0.15) is 0 Å². The van der Waals surface area contributed by atoms with Crippen molar-refractivity contribution in [2.75, 3.05) is 0 Å². The van der Waals surface area contributed by atoms with E-state index < -0.39 is 10.0 Å². The number of rotatable bonds is 5. The molecular formula is C21H23NO2S. The van der Waals surface area contributed by atoms with Gasteiger partial charge in [-0.1, -0.05) is 55.8 Å². The molecule has 0 unspecified atom stereocenters. The first kappa shape index (κ1) is 17.5. The fourth-order valence-electron chi connectivity index (χ4n) is 3.22. The van der Waals surface area contributed by atoms with Crippen LogP contribution in [-0.4, -0.2) is 12.4 Å². The van der Waals surface area contributed by atoms with Crippen molar-refractivity contribution in [3.8, 4) is 0 Å². The Kier molecular flexibility index (Phi) is 4.56. The third kappa shape index (κ3) is 3.02.